The van der Waals surface area contributed by atoms with Crippen molar-refractivity contribution < 1.29 is 9.15 Å². The van der Waals surface area contributed by atoms with Crippen molar-refractivity contribution in [3.63, 3.8) is 0 Å². The van der Waals surface area contributed by atoms with Crippen LogP contribution in [0.15, 0.2) is 63.5 Å². The zero-order valence-corrected chi connectivity index (χ0v) is 20.1. The number of ether oxygens (including phenoxy) is 1. The third kappa shape index (κ3) is 5.98. The Morgan fingerprint density at radius 1 is 1.23 bits per heavy atom. The van der Waals surface area contributed by atoms with Crippen LogP contribution in [-0.4, -0.2) is 41.6 Å². The van der Waals surface area contributed by atoms with Gasteiger partial charge in [-0.3, -0.25) is 0 Å². The highest BCUT2D eigenvalue weighted by atomic mass is 127. The summed E-state index contributed by atoms with van der Waals surface area (Å²) in [6.07, 6.45) is 3.90. The van der Waals surface area contributed by atoms with Gasteiger partial charge in [-0.05, 0) is 30.5 Å². The lowest BCUT2D eigenvalue weighted by atomic mass is 10.1. The van der Waals surface area contributed by atoms with Crippen LogP contribution in [0.3, 0.4) is 0 Å². The standard InChI is InChI=1S/C22H26N4O2S.HI/c1-2-23-22(24-15-17-16-27-21(25-17)20-9-6-14-29-20)26-12-10-19(11-13-26)28-18-7-4-3-5-8-18;/h3-9,14,16,19H,2,10-13,15H2,1H3,(H,23,24);1H. The number of nitrogens with one attached hydrogen (secondary N) is 1. The van der Waals surface area contributed by atoms with Crippen LogP contribution in [0.4, 0.5) is 0 Å². The molecule has 1 aliphatic rings. The Labute approximate surface area is 198 Å². The van der Waals surface area contributed by atoms with Gasteiger partial charge in [0, 0.05) is 32.5 Å². The maximum absolute atomic E-state index is 6.10. The molecule has 1 aliphatic heterocycles. The van der Waals surface area contributed by atoms with Crippen LogP contribution in [0.2, 0.25) is 0 Å². The first kappa shape index (κ1) is 22.6. The maximum atomic E-state index is 6.10. The number of guanidine groups is 1. The van der Waals surface area contributed by atoms with Gasteiger partial charge in [0.25, 0.3) is 0 Å². The number of oxazole rings is 1. The monoisotopic (exact) mass is 538 g/mol. The highest BCUT2D eigenvalue weighted by molar-refractivity contribution is 14.0. The second-order valence-electron chi connectivity index (χ2n) is 6.91. The van der Waals surface area contributed by atoms with E-state index in [0.29, 0.717) is 12.4 Å². The molecule has 1 fully saturated rings. The van der Waals surface area contributed by atoms with Crippen molar-refractivity contribution in [2.75, 3.05) is 19.6 Å². The van der Waals surface area contributed by atoms with Crippen molar-refractivity contribution in [2.45, 2.75) is 32.4 Å². The Bertz CT molecular complexity index is 906. The lowest BCUT2D eigenvalue weighted by Gasteiger charge is -2.34. The molecular weight excluding hydrogens is 511 g/mol. The molecule has 1 aromatic carbocycles. The second-order valence-corrected chi connectivity index (χ2v) is 7.86. The van der Waals surface area contributed by atoms with E-state index in [9.17, 15) is 0 Å². The summed E-state index contributed by atoms with van der Waals surface area (Å²) in [5.74, 6) is 2.53. The summed E-state index contributed by atoms with van der Waals surface area (Å²) in [6, 6.07) is 14.1. The van der Waals surface area contributed by atoms with Gasteiger partial charge in [-0.1, -0.05) is 24.3 Å². The topological polar surface area (TPSA) is 62.9 Å². The summed E-state index contributed by atoms with van der Waals surface area (Å²) in [7, 11) is 0. The molecule has 0 radical (unpaired) electrons. The zero-order chi connectivity index (χ0) is 19.9. The Morgan fingerprint density at radius 2 is 2.03 bits per heavy atom. The van der Waals surface area contributed by atoms with E-state index in [-0.39, 0.29) is 30.1 Å². The van der Waals surface area contributed by atoms with Crippen molar-refractivity contribution in [1.29, 1.82) is 0 Å². The Kier molecular flexibility index (Phi) is 8.56. The van der Waals surface area contributed by atoms with E-state index in [2.05, 4.69) is 22.1 Å². The predicted octanol–water partition coefficient (Wildman–Crippen LogP) is 5.03. The van der Waals surface area contributed by atoms with E-state index < -0.39 is 0 Å². The fraction of sp³-hybridized carbons (Fsp3) is 0.364. The summed E-state index contributed by atoms with van der Waals surface area (Å²) in [6.45, 7) is 5.26. The number of hydrogen-bond acceptors (Lipinski definition) is 5. The van der Waals surface area contributed by atoms with E-state index in [1.165, 1.54) is 0 Å². The average Bonchev–Trinajstić information content (AvgIpc) is 3.44. The molecule has 0 aliphatic carbocycles. The van der Waals surface area contributed by atoms with Gasteiger partial charge in [-0.15, -0.1) is 35.3 Å². The van der Waals surface area contributed by atoms with Gasteiger partial charge in [0.1, 0.15) is 23.8 Å². The Balaban J connectivity index is 0.00000256. The van der Waals surface area contributed by atoms with Crippen molar-refractivity contribution in [2.24, 2.45) is 4.99 Å². The molecule has 160 valence electrons. The van der Waals surface area contributed by atoms with E-state index in [0.717, 1.165) is 54.8 Å². The molecule has 1 N–H and O–H groups in total. The fourth-order valence-corrected chi connectivity index (χ4v) is 4.01. The number of aliphatic imine (C=N–C) groups is 1. The molecule has 2 aromatic heterocycles. The molecule has 0 spiro atoms. The van der Waals surface area contributed by atoms with Crippen molar-refractivity contribution in [3.05, 3.63) is 59.8 Å². The molecular formula is C22H27IN4O2S. The number of halogens is 1. The number of thiophene rings is 1. The minimum absolute atomic E-state index is 0. The molecule has 3 heterocycles. The normalized spacial score (nSPS) is 15.0. The maximum Gasteiger partial charge on any atom is 0.236 e. The molecule has 3 aromatic rings. The first-order valence-corrected chi connectivity index (χ1v) is 10.9. The Morgan fingerprint density at radius 3 is 2.73 bits per heavy atom. The third-order valence-corrected chi connectivity index (χ3v) is 5.65. The molecule has 0 atom stereocenters. The van der Waals surface area contributed by atoms with Crippen LogP contribution in [0, 0.1) is 0 Å². The lowest BCUT2D eigenvalue weighted by molar-refractivity contribution is 0.129. The van der Waals surface area contributed by atoms with Gasteiger partial charge >= 0.3 is 0 Å². The zero-order valence-electron chi connectivity index (χ0n) is 17.0. The molecule has 1 saturated heterocycles. The highest BCUT2D eigenvalue weighted by Gasteiger charge is 2.22. The minimum Gasteiger partial charge on any atom is -0.490 e. The molecule has 30 heavy (non-hydrogen) atoms. The van der Waals surface area contributed by atoms with Crippen LogP contribution in [0.1, 0.15) is 25.5 Å². The fourth-order valence-electron chi connectivity index (χ4n) is 3.35. The Hall–Kier alpha value is -2.07. The number of aromatic nitrogens is 1. The molecule has 0 bridgehead atoms. The summed E-state index contributed by atoms with van der Waals surface area (Å²) < 4.78 is 11.7. The van der Waals surface area contributed by atoms with Crippen LogP contribution in [-0.2, 0) is 6.54 Å². The number of piperidine rings is 1. The van der Waals surface area contributed by atoms with E-state index >= 15 is 0 Å². The van der Waals surface area contributed by atoms with E-state index in [1.807, 2.05) is 47.8 Å². The van der Waals surface area contributed by atoms with Crippen molar-refractivity contribution in [1.82, 2.24) is 15.2 Å². The summed E-state index contributed by atoms with van der Waals surface area (Å²) >= 11 is 1.62. The number of rotatable bonds is 6. The third-order valence-electron chi connectivity index (χ3n) is 4.80. The largest absolute Gasteiger partial charge is 0.490 e. The minimum atomic E-state index is 0. The number of hydrogen-bond donors (Lipinski definition) is 1. The summed E-state index contributed by atoms with van der Waals surface area (Å²) in [5.41, 5.74) is 0.839. The summed E-state index contributed by atoms with van der Waals surface area (Å²) in [4.78, 5) is 12.7. The van der Waals surface area contributed by atoms with Crippen LogP contribution < -0.4 is 10.1 Å². The van der Waals surface area contributed by atoms with E-state index in [4.69, 9.17) is 14.1 Å². The predicted molar refractivity (Wildman–Crippen MR) is 132 cm³/mol. The van der Waals surface area contributed by atoms with Gasteiger partial charge < -0.3 is 19.4 Å². The number of likely N-dealkylation sites (tertiary alicyclic amines) is 1. The molecule has 0 amide bonds. The van der Waals surface area contributed by atoms with Gasteiger partial charge in [-0.2, -0.15) is 0 Å². The average molecular weight is 538 g/mol. The van der Waals surface area contributed by atoms with Gasteiger partial charge in [-0.25, -0.2) is 9.98 Å². The smallest absolute Gasteiger partial charge is 0.236 e. The first-order chi connectivity index (χ1) is 14.3. The van der Waals surface area contributed by atoms with Crippen LogP contribution >= 0.6 is 35.3 Å². The van der Waals surface area contributed by atoms with Crippen LogP contribution in [0.25, 0.3) is 10.8 Å². The van der Waals surface area contributed by atoms with Crippen molar-refractivity contribution >= 4 is 41.3 Å². The molecule has 8 heteroatoms. The molecule has 6 nitrogen and oxygen atoms in total. The highest BCUT2D eigenvalue weighted by Crippen LogP contribution is 2.24. The number of benzene rings is 1. The van der Waals surface area contributed by atoms with Crippen molar-refractivity contribution in [3.8, 4) is 16.5 Å². The van der Waals surface area contributed by atoms with Crippen LogP contribution in [0.5, 0.6) is 5.75 Å². The van der Waals surface area contributed by atoms with Gasteiger partial charge in [0.2, 0.25) is 5.89 Å². The molecule has 4 rings (SSSR count). The van der Waals surface area contributed by atoms with E-state index in [1.54, 1.807) is 17.6 Å². The summed E-state index contributed by atoms with van der Waals surface area (Å²) in [5, 5.41) is 5.42. The first-order valence-electron chi connectivity index (χ1n) is 10.0. The number of nitrogens with zero attached hydrogens (tertiary/aromatic N) is 3. The molecule has 0 saturated carbocycles. The molecule has 0 unspecified atom stereocenters. The van der Waals surface area contributed by atoms with Gasteiger partial charge in [0.05, 0.1) is 11.4 Å². The number of para-hydroxylation sites is 1. The second kappa shape index (κ2) is 11.4. The SMILES string of the molecule is CCNC(=NCc1coc(-c2cccs2)n1)N1CCC(Oc2ccccc2)CC1.I. The van der Waals surface area contributed by atoms with Gasteiger partial charge in [0.15, 0.2) is 5.96 Å². The quantitative estimate of drug-likeness (QED) is 0.271. The lowest BCUT2D eigenvalue weighted by Crippen LogP contribution is -2.47.